The molecule has 0 atom stereocenters. The number of hydrogen-bond donors (Lipinski definition) is 1. The summed E-state index contributed by atoms with van der Waals surface area (Å²) in [5, 5.41) is 0. The van der Waals surface area contributed by atoms with Gasteiger partial charge in [-0.2, -0.15) is 23.7 Å². The molecule has 25 heavy (non-hydrogen) atoms. The third-order valence-corrected chi connectivity index (χ3v) is 5.17. The molecule has 0 aliphatic heterocycles. The van der Waals surface area contributed by atoms with Crippen molar-refractivity contribution >= 4 is 38.7 Å². The summed E-state index contributed by atoms with van der Waals surface area (Å²) in [6.07, 6.45) is 0. The molecule has 0 aliphatic rings. The lowest BCUT2D eigenvalue weighted by atomic mass is 10.3. The van der Waals surface area contributed by atoms with E-state index in [-0.39, 0.29) is 23.3 Å². The van der Waals surface area contributed by atoms with Crippen molar-refractivity contribution in [1.29, 1.82) is 0 Å². The van der Waals surface area contributed by atoms with Gasteiger partial charge in [0.25, 0.3) is 0 Å². The molecule has 10 nitrogen and oxygen atoms in total. The Morgan fingerprint density at radius 1 is 1.20 bits per heavy atom. The first kappa shape index (κ1) is 17.4. The molecule has 0 amide bonds. The van der Waals surface area contributed by atoms with Crippen LogP contribution in [0.1, 0.15) is 5.82 Å². The van der Waals surface area contributed by atoms with Crippen LogP contribution in [0.4, 0.5) is 5.95 Å². The second-order valence-corrected chi connectivity index (χ2v) is 7.41. The second kappa shape index (κ2) is 6.82. The number of fused-ring (bicyclic) bond motifs is 1. The average molecular weight is 381 g/mol. The number of methoxy groups -OCH3 is 1. The van der Waals surface area contributed by atoms with Gasteiger partial charge in [-0.25, -0.2) is 13.1 Å². The van der Waals surface area contributed by atoms with E-state index in [1.807, 2.05) is 0 Å². The molecule has 3 rings (SSSR count). The predicted octanol–water partition coefficient (Wildman–Crippen LogP) is 0.429. The highest BCUT2D eigenvalue weighted by Crippen LogP contribution is 2.21. The number of sulfonamides is 1. The molecule has 12 heteroatoms. The van der Waals surface area contributed by atoms with Crippen molar-refractivity contribution in [2.24, 2.45) is 0 Å². The number of nitrogens with one attached hydrogen (secondary N) is 1. The molecule has 0 aliphatic carbocycles. The van der Waals surface area contributed by atoms with Gasteiger partial charge in [0.15, 0.2) is 5.82 Å². The van der Waals surface area contributed by atoms with Crippen LogP contribution in [-0.2, 0) is 16.6 Å². The van der Waals surface area contributed by atoms with Crippen LogP contribution in [0.15, 0.2) is 23.1 Å². The molecule has 3 aromatic rings. The number of benzene rings is 1. The van der Waals surface area contributed by atoms with Gasteiger partial charge in [0, 0.05) is 14.1 Å². The molecular weight excluding hydrogens is 366 g/mol. The maximum absolute atomic E-state index is 12.6. The standard InChI is InChI=1S/C13H15N7O3S2/c1-20(2)12-15-10(16-13(17-12)23-3)7-14-25(21,22)9-6-4-5-8-11(9)19-24-18-8/h4-6,14H,7H2,1-3H3. The van der Waals surface area contributed by atoms with Crippen LogP contribution in [0.2, 0.25) is 0 Å². The Bertz CT molecular complexity index is 1000. The van der Waals surface area contributed by atoms with E-state index in [1.54, 1.807) is 31.1 Å². The minimum atomic E-state index is -3.81. The van der Waals surface area contributed by atoms with Crippen molar-refractivity contribution in [1.82, 2.24) is 28.4 Å². The quantitative estimate of drug-likeness (QED) is 0.647. The normalized spacial score (nSPS) is 11.6. The lowest BCUT2D eigenvalue weighted by Gasteiger charge is -2.12. The summed E-state index contributed by atoms with van der Waals surface area (Å²) in [5.41, 5.74) is 0.867. The Morgan fingerprint density at radius 2 is 2.00 bits per heavy atom. The molecule has 132 valence electrons. The first-order chi connectivity index (χ1) is 11.9. The summed E-state index contributed by atoms with van der Waals surface area (Å²) in [6, 6.07) is 4.91. The second-order valence-electron chi connectivity index (χ2n) is 5.15. The van der Waals surface area contributed by atoms with Crippen LogP contribution < -0.4 is 14.4 Å². The van der Waals surface area contributed by atoms with Crippen molar-refractivity contribution < 1.29 is 13.2 Å². The van der Waals surface area contributed by atoms with Gasteiger partial charge in [0.2, 0.25) is 16.0 Å². The Labute approximate surface area is 148 Å². The first-order valence-electron chi connectivity index (χ1n) is 7.08. The zero-order chi connectivity index (χ0) is 18.0. The van der Waals surface area contributed by atoms with E-state index in [4.69, 9.17) is 4.74 Å². The van der Waals surface area contributed by atoms with Crippen molar-refractivity contribution in [2.45, 2.75) is 11.4 Å². The van der Waals surface area contributed by atoms with E-state index in [9.17, 15) is 8.42 Å². The zero-order valence-electron chi connectivity index (χ0n) is 13.7. The van der Waals surface area contributed by atoms with E-state index in [2.05, 4.69) is 28.4 Å². The predicted molar refractivity (Wildman–Crippen MR) is 92.1 cm³/mol. The maximum atomic E-state index is 12.6. The van der Waals surface area contributed by atoms with E-state index < -0.39 is 10.0 Å². The SMILES string of the molecule is COc1nc(CNS(=O)(=O)c2cccc3nsnc23)nc(N(C)C)n1. The third kappa shape index (κ3) is 3.65. The van der Waals surface area contributed by atoms with E-state index in [1.165, 1.54) is 13.2 Å². The summed E-state index contributed by atoms with van der Waals surface area (Å²) < 4.78 is 40.8. The lowest BCUT2D eigenvalue weighted by Crippen LogP contribution is -2.25. The zero-order valence-corrected chi connectivity index (χ0v) is 15.3. The van der Waals surface area contributed by atoms with Gasteiger partial charge in [-0.3, -0.25) is 0 Å². The van der Waals surface area contributed by atoms with Gasteiger partial charge in [-0.1, -0.05) is 6.07 Å². The molecule has 0 fully saturated rings. The molecule has 2 heterocycles. The summed E-state index contributed by atoms with van der Waals surface area (Å²) in [6.45, 7) is -0.115. The largest absolute Gasteiger partial charge is 0.467 e. The fourth-order valence-electron chi connectivity index (χ4n) is 1.99. The van der Waals surface area contributed by atoms with Gasteiger partial charge >= 0.3 is 6.01 Å². The Morgan fingerprint density at radius 3 is 2.72 bits per heavy atom. The molecule has 0 bridgehead atoms. The molecule has 1 N–H and O–H groups in total. The van der Waals surface area contributed by atoms with Crippen LogP contribution in [0.25, 0.3) is 11.0 Å². The average Bonchev–Trinajstić information content (AvgIpc) is 3.08. The van der Waals surface area contributed by atoms with Gasteiger partial charge in [0.1, 0.15) is 15.9 Å². The van der Waals surface area contributed by atoms with Gasteiger partial charge in [0.05, 0.1) is 25.4 Å². The Balaban J connectivity index is 1.88. The first-order valence-corrected chi connectivity index (χ1v) is 9.29. The number of ether oxygens (including phenoxy) is 1. The van der Waals surface area contributed by atoms with Crippen molar-refractivity contribution in [3.8, 4) is 6.01 Å². The molecular formula is C13H15N7O3S2. The molecule has 0 radical (unpaired) electrons. The number of nitrogens with zero attached hydrogens (tertiary/aromatic N) is 6. The minimum Gasteiger partial charge on any atom is -0.467 e. The van der Waals surface area contributed by atoms with Crippen molar-refractivity contribution in [3.63, 3.8) is 0 Å². The highest BCUT2D eigenvalue weighted by atomic mass is 32.2. The number of aromatic nitrogens is 5. The molecule has 2 aromatic heterocycles. The van der Waals surface area contributed by atoms with Crippen LogP contribution in [-0.4, -0.2) is 53.3 Å². The van der Waals surface area contributed by atoms with Gasteiger partial charge < -0.3 is 9.64 Å². The van der Waals surface area contributed by atoms with E-state index in [0.29, 0.717) is 17.0 Å². The monoisotopic (exact) mass is 381 g/mol. The molecule has 0 saturated heterocycles. The smallest absolute Gasteiger partial charge is 0.321 e. The fraction of sp³-hybridized carbons (Fsp3) is 0.308. The number of anilines is 1. The summed E-state index contributed by atoms with van der Waals surface area (Å²) in [4.78, 5) is 14.1. The molecule has 0 unspecified atom stereocenters. The maximum Gasteiger partial charge on any atom is 0.321 e. The van der Waals surface area contributed by atoms with Crippen molar-refractivity contribution in [2.75, 3.05) is 26.1 Å². The topological polar surface area (TPSA) is 123 Å². The highest BCUT2D eigenvalue weighted by molar-refractivity contribution is 7.89. The van der Waals surface area contributed by atoms with Crippen molar-refractivity contribution in [3.05, 3.63) is 24.0 Å². The third-order valence-electron chi connectivity index (χ3n) is 3.19. The summed E-state index contributed by atoms with van der Waals surface area (Å²) in [5.74, 6) is 0.606. The highest BCUT2D eigenvalue weighted by Gasteiger charge is 2.20. The van der Waals surface area contributed by atoms with Crippen LogP contribution in [0.3, 0.4) is 0 Å². The summed E-state index contributed by atoms with van der Waals surface area (Å²) >= 11 is 0.960. The molecule has 0 spiro atoms. The van der Waals surface area contributed by atoms with Gasteiger partial charge in [-0.15, -0.1) is 0 Å². The molecule has 1 aromatic carbocycles. The number of hydrogen-bond acceptors (Lipinski definition) is 10. The summed E-state index contributed by atoms with van der Waals surface area (Å²) in [7, 11) is 1.15. The van der Waals surface area contributed by atoms with E-state index in [0.717, 1.165) is 11.7 Å². The molecule has 0 saturated carbocycles. The Hall–Kier alpha value is -2.44. The Kier molecular flexibility index (Phi) is 4.74. The van der Waals surface area contributed by atoms with Crippen LogP contribution >= 0.6 is 11.7 Å². The fourth-order valence-corrected chi connectivity index (χ4v) is 3.74. The van der Waals surface area contributed by atoms with E-state index >= 15 is 0 Å². The van der Waals surface area contributed by atoms with Crippen LogP contribution in [0, 0.1) is 0 Å². The minimum absolute atomic E-state index is 0.0626. The lowest BCUT2D eigenvalue weighted by molar-refractivity contribution is 0.375. The van der Waals surface area contributed by atoms with Crippen LogP contribution in [0.5, 0.6) is 6.01 Å². The van der Waals surface area contributed by atoms with Gasteiger partial charge in [-0.05, 0) is 12.1 Å². The number of rotatable bonds is 6.